The molecule has 0 aliphatic rings. The first kappa shape index (κ1) is 9.77. The van der Waals surface area contributed by atoms with Gasteiger partial charge in [0.25, 0.3) is 0 Å². The molecule has 0 N–H and O–H groups in total. The molecule has 1 aromatic carbocycles. The summed E-state index contributed by atoms with van der Waals surface area (Å²) in [5.41, 5.74) is 1.39. The molecule has 0 unspecified atom stereocenters. The number of carbonyl (C=O) groups is 1. The van der Waals surface area contributed by atoms with Crippen molar-refractivity contribution in [3.8, 4) is 0 Å². The summed E-state index contributed by atoms with van der Waals surface area (Å²) in [5.74, 6) is -1.05. The van der Waals surface area contributed by atoms with E-state index in [2.05, 4.69) is 4.98 Å². The van der Waals surface area contributed by atoms with Gasteiger partial charge in [0, 0.05) is 18.5 Å². The number of pyridine rings is 1. The first-order valence-electron chi connectivity index (χ1n) is 5.09. The Labute approximate surface area is 95.3 Å². The van der Waals surface area contributed by atoms with Crippen LogP contribution in [0, 0.1) is 0 Å². The molecule has 0 spiro atoms. The molecule has 5 heteroatoms. The number of rotatable bonds is 0. The second-order valence-corrected chi connectivity index (χ2v) is 3.71. The van der Waals surface area contributed by atoms with Crippen LogP contribution in [-0.2, 0) is 0 Å². The normalized spacial score (nSPS) is 11.1. The van der Waals surface area contributed by atoms with E-state index in [1.54, 1.807) is 24.4 Å². The van der Waals surface area contributed by atoms with Crippen LogP contribution in [0.4, 0.5) is 0 Å². The van der Waals surface area contributed by atoms with Crippen LogP contribution in [0.25, 0.3) is 22.0 Å². The average Bonchev–Trinajstić information content (AvgIpc) is 2.65. The first-order valence-corrected chi connectivity index (χ1v) is 5.09. The minimum Gasteiger partial charge on any atom is -0.405 e. The van der Waals surface area contributed by atoms with E-state index < -0.39 is 5.76 Å². The van der Waals surface area contributed by atoms with Gasteiger partial charge in [0.1, 0.15) is 11.0 Å². The highest BCUT2D eigenvalue weighted by molar-refractivity contribution is 6.02. The van der Waals surface area contributed by atoms with E-state index in [4.69, 9.17) is 4.42 Å². The number of nitrogens with zero attached hydrogens (tertiary/aromatic N) is 2. The highest BCUT2D eigenvalue weighted by atomic mass is 16.4. The van der Waals surface area contributed by atoms with Gasteiger partial charge in [-0.1, -0.05) is 12.1 Å². The van der Waals surface area contributed by atoms with Crippen molar-refractivity contribution in [3.05, 3.63) is 41.0 Å². The van der Waals surface area contributed by atoms with Crippen molar-refractivity contribution in [1.82, 2.24) is 9.55 Å². The van der Waals surface area contributed by atoms with E-state index in [9.17, 15) is 9.59 Å². The van der Waals surface area contributed by atoms with Gasteiger partial charge in [-0.3, -0.25) is 9.78 Å². The van der Waals surface area contributed by atoms with Crippen LogP contribution in [0.5, 0.6) is 0 Å². The van der Waals surface area contributed by atoms with Crippen LogP contribution < -0.4 is 5.76 Å². The van der Waals surface area contributed by atoms with Crippen LogP contribution in [0.15, 0.2) is 39.7 Å². The van der Waals surface area contributed by atoms with Gasteiger partial charge in [-0.2, -0.15) is 0 Å². The monoisotopic (exact) mass is 228 g/mol. The average molecular weight is 228 g/mol. The van der Waals surface area contributed by atoms with Gasteiger partial charge in [-0.05, 0) is 12.1 Å². The molecule has 0 aliphatic carbocycles. The Morgan fingerprint density at radius 3 is 2.94 bits per heavy atom. The Bertz CT molecular complexity index is 798. The molecule has 5 nitrogen and oxygen atoms in total. The van der Waals surface area contributed by atoms with Crippen LogP contribution in [-0.4, -0.2) is 15.5 Å². The minimum absolute atomic E-state index is 0.350. The Morgan fingerprint density at radius 1 is 1.35 bits per heavy atom. The molecule has 84 valence electrons. The number of fused-ring (bicyclic) bond motifs is 3. The van der Waals surface area contributed by atoms with Gasteiger partial charge in [0.15, 0.2) is 5.58 Å². The molecule has 3 rings (SSSR count). The molecule has 3 aromatic rings. The maximum atomic E-state index is 11.6. The lowest BCUT2D eigenvalue weighted by Crippen LogP contribution is -2.19. The van der Waals surface area contributed by atoms with E-state index in [0.29, 0.717) is 16.6 Å². The van der Waals surface area contributed by atoms with Crippen LogP contribution >= 0.6 is 0 Å². The standard InChI is InChI=1S/C12H8N2O3/c1-7(15)14-9-5-4-8-3-2-6-13-10(8)11(9)17-12(14)16/h2-6H,1H3. The van der Waals surface area contributed by atoms with Crippen molar-refractivity contribution in [3.63, 3.8) is 0 Å². The largest absolute Gasteiger partial charge is 0.426 e. The Balaban J connectivity index is 2.58. The SMILES string of the molecule is CC(=O)n1c(=O)oc2c3ncccc3ccc21. The zero-order valence-electron chi connectivity index (χ0n) is 9.01. The van der Waals surface area contributed by atoms with Gasteiger partial charge in [0.05, 0.1) is 0 Å². The third kappa shape index (κ3) is 1.29. The Morgan fingerprint density at radius 2 is 2.18 bits per heavy atom. The fourth-order valence-corrected chi connectivity index (χ4v) is 1.91. The predicted molar refractivity (Wildman–Crippen MR) is 62.1 cm³/mol. The highest BCUT2D eigenvalue weighted by Crippen LogP contribution is 2.22. The third-order valence-electron chi connectivity index (χ3n) is 2.64. The summed E-state index contributed by atoms with van der Waals surface area (Å²) >= 11 is 0. The van der Waals surface area contributed by atoms with Gasteiger partial charge in [0.2, 0.25) is 5.91 Å². The van der Waals surface area contributed by atoms with Crippen LogP contribution in [0.3, 0.4) is 0 Å². The molecular formula is C12H8N2O3. The molecular weight excluding hydrogens is 220 g/mol. The lowest BCUT2D eigenvalue weighted by molar-refractivity contribution is 0.0933. The van der Waals surface area contributed by atoms with E-state index in [0.717, 1.165) is 9.95 Å². The molecule has 0 aliphatic heterocycles. The van der Waals surface area contributed by atoms with Gasteiger partial charge in [-0.15, -0.1) is 0 Å². The second-order valence-electron chi connectivity index (χ2n) is 3.71. The minimum atomic E-state index is -0.675. The zero-order valence-corrected chi connectivity index (χ0v) is 9.01. The number of aromatic nitrogens is 2. The maximum absolute atomic E-state index is 11.6. The van der Waals surface area contributed by atoms with Crippen molar-refractivity contribution >= 4 is 27.9 Å². The van der Waals surface area contributed by atoms with Gasteiger partial charge in [-0.25, -0.2) is 9.36 Å². The first-order chi connectivity index (χ1) is 8.18. The number of carbonyl (C=O) groups excluding carboxylic acids is 1. The van der Waals surface area contributed by atoms with Crippen molar-refractivity contribution in [2.24, 2.45) is 0 Å². The van der Waals surface area contributed by atoms with Crippen molar-refractivity contribution < 1.29 is 9.21 Å². The summed E-state index contributed by atoms with van der Waals surface area (Å²) in [6.45, 7) is 1.32. The topological polar surface area (TPSA) is 65.1 Å². The molecule has 0 saturated carbocycles. The predicted octanol–water partition coefficient (Wildman–Crippen LogP) is 1.80. The quantitative estimate of drug-likeness (QED) is 0.588. The number of oxazole rings is 1. The van der Waals surface area contributed by atoms with Crippen LogP contribution in [0.1, 0.15) is 11.7 Å². The van der Waals surface area contributed by atoms with Gasteiger partial charge < -0.3 is 4.42 Å². The summed E-state index contributed by atoms with van der Waals surface area (Å²) in [7, 11) is 0. The molecule has 2 heterocycles. The molecule has 0 amide bonds. The zero-order chi connectivity index (χ0) is 12.0. The smallest absolute Gasteiger partial charge is 0.405 e. The lowest BCUT2D eigenvalue weighted by Gasteiger charge is -1.97. The molecule has 17 heavy (non-hydrogen) atoms. The van der Waals surface area contributed by atoms with E-state index >= 15 is 0 Å². The molecule has 0 bridgehead atoms. The lowest BCUT2D eigenvalue weighted by atomic mass is 10.2. The van der Waals surface area contributed by atoms with E-state index in [1.165, 1.54) is 6.92 Å². The number of hydrogen-bond donors (Lipinski definition) is 0. The van der Waals surface area contributed by atoms with Crippen LogP contribution in [0.2, 0.25) is 0 Å². The second kappa shape index (κ2) is 3.28. The summed E-state index contributed by atoms with van der Waals surface area (Å²) in [5, 5.41) is 0.865. The number of hydrogen-bond acceptors (Lipinski definition) is 4. The summed E-state index contributed by atoms with van der Waals surface area (Å²) in [4.78, 5) is 27.1. The molecule has 0 fully saturated rings. The fourth-order valence-electron chi connectivity index (χ4n) is 1.91. The summed E-state index contributed by atoms with van der Waals surface area (Å²) < 4.78 is 6.10. The van der Waals surface area contributed by atoms with E-state index in [-0.39, 0.29) is 5.91 Å². The fraction of sp³-hybridized carbons (Fsp3) is 0.0833. The maximum Gasteiger partial charge on any atom is 0.426 e. The molecule has 2 aromatic heterocycles. The third-order valence-corrected chi connectivity index (χ3v) is 2.64. The Kier molecular flexibility index (Phi) is 1.89. The van der Waals surface area contributed by atoms with Gasteiger partial charge >= 0.3 is 5.76 Å². The highest BCUT2D eigenvalue weighted by Gasteiger charge is 2.15. The summed E-state index contributed by atoms with van der Waals surface area (Å²) in [6.07, 6.45) is 1.62. The van der Waals surface area contributed by atoms with Crippen molar-refractivity contribution in [2.75, 3.05) is 0 Å². The molecule has 0 atom stereocenters. The van der Waals surface area contributed by atoms with E-state index in [1.807, 2.05) is 6.07 Å². The molecule has 0 saturated heterocycles. The summed E-state index contributed by atoms with van der Waals surface area (Å²) in [6, 6.07) is 7.16. The molecule has 0 radical (unpaired) electrons. The Hall–Kier alpha value is -2.43. The van der Waals surface area contributed by atoms with Crippen molar-refractivity contribution in [2.45, 2.75) is 6.92 Å². The number of benzene rings is 1. The van der Waals surface area contributed by atoms with Crippen molar-refractivity contribution in [1.29, 1.82) is 0 Å².